The Bertz CT molecular complexity index is 397. The molecule has 1 aromatic rings. The quantitative estimate of drug-likeness (QED) is 0.760. The highest BCUT2D eigenvalue weighted by atomic mass is 19.1. The predicted molar refractivity (Wildman–Crippen MR) is 58.7 cm³/mol. The van der Waals surface area contributed by atoms with Crippen LogP contribution < -0.4 is 5.73 Å². The van der Waals surface area contributed by atoms with Gasteiger partial charge in [-0.15, -0.1) is 0 Å². The van der Waals surface area contributed by atoms with Gasteiger partial charge in [-0.05, 0) is 29.7 Å². The molecule has 0 saturated carbocycles. The molecule has 0 atom stereocenters. The number of halogens is 1. The van der Waals surface area contributed by atoms with Crippen LogP contribution in [-0.4, -0.2) is 5.91 Å². The molecule has 0 aromatic heterocycles. The van der Waals surface area contributed by atoms with E-state index in [1.54, 1.807) is 12.1 Å². The van der Waals surface area contributed by atoms with Crippen molar-refractivity contribution in [3.63, 3.8) is 0 Å². The van der Waals surface area contributed by atoms with Crippen LogP contribution in [0.15, 0.2) is 24.3 Å². The van der Waals surface area contributed by atoms with E-state index in [1.807, 2.05) is 13.8 Å². The maximum absolute atomic E-state index is 13.3. The molecule has 1 rings (SSSR count). The summed E-state index contributed by atoms with van der Waals surface area (Å²) in [5.41, 5.74) is 6.36. The first-order valence-corrected chi connectivity index (χ1v) is 4.77. The van der Waals surface area contributed by atoms with Crippen molar-refractivity contribution in [2.24, 2.45) is 5.73 Å². The van der Waals surface area contributed by atoms with Crippen molar-refractivity contribution in [1.82, 2.24) is 0 Å². The van der Waals surface area contributed by atoms with Crippen molar-refractivity contribution < 1.29 is 9.18 Å². The van der Waals surface area contributed by atoms with Gasteiger partial charge in [0.05, 0.1) is 0 Å². The summed E-state index contributed by atoms with van der Waals surface area (Å²) in [4.78, 5) is 10.5. The van der Waals surface area contributed by atoms with Crippen molar-refractivity contribution in [3.8, 4) is 0 Å². The second-order valence-corrected chi connectivity index (χ2v) is 3.67. The van der Waals surface area contributed by atoms with Gasteiger partial charge in [0, 0.05) is 11.6 Å². The molecule has 1 amide bonds. The van der Waals surface area contributed by atoms with Gasteiger partial charge in [0.25, 0.3) is 0 Å². The lowest BCUT2D eigenvalue weighted by molar-refractivity contribution is -0.113. The van der Waals surface area contributed by atoms with Gasteiger partial charge in [-0.1, -0.05) is 19.9 Å². The Labute approximate surface area is 88.6 Å². The summed E-state index contributed by atoms with van der Waals surface area (Å²) in [7, 11) is 0. The SMILES string of the molecule is CC(C)c1ccc(F)c(/C=C/C(N)=O)c1. The average molecular weight is 207 g/mol. The predicted octanol–water partition coefficient (Wildman–Crippen LogP) is 2.45. The lowest BCUT2D eigenvalue weighted by Gasteiger charge is -2.06. The molecule has 0 fully saturated rings. The standard InChI is InChI=1S/C12H14FNO/c1-8(2)9-3-5-11(13)10(7-9)4-6-12(14)15/h3-8H,1-2H3,(H2,14,15)/b6-4+. The zero-order valence-electron chi connectivity index (χ0n) is 8.83. The van der Waals surface area contributed by atoms with Crippen molar-refractivity contribution in [3.05, 3.63) is 41.2 Å². The normalized spacial score (nSPS) is 11.2. The molecule has 80 valence electrons. The van der Waals surface area contributed by atoms with E-state index in [2.05, 4.69) is 0 Å². The molecule has 0 aliphatic carbocycles. The Morgan fingerprint density at radius 2 is 2.13 bits per heavy atom. The lowest BCUT2D eigenvalue weighted by Crippen LogP contribution is -2.05. The minimum absolute atomic E-state index is 0.325. The molecular formula is C12H14FNO. The summed E-state index contributed by atoms with van der Waals surface area (Å²) in [5, 5.41) is 0. The highest BCUT2D eigenvalue weighted by Gasteiger charge is 2.03. The molecule has 0 aliphatic rings. The molecule has 3 heteroatoms. The molecule has 0 spiro atoms. The van der Waals surface area contributed by atoms with Crippen LogP contribution in [0.25, 0.3) is 6.08 Å². The van der Waals surface area contributed by atoms with Gasteiger partial charge in [0.15, 0.2) is 0 Å². The third-order valence-corrected chi connectivity index (χ3v) is 2.11. The fraction of sp³-hybridized carbons (Fsp3) is 0.250. The second kappa shape index (κ2) is 4.73. The maximum Gasteiger partial charge on any atom is 0.241 e. The van der Waals surface area contributed by atoms with Crippen LogP contribution in [0.2, 0.25) is 0 Å². The van der Waals surface area contributed by atoms with Crippen molar-refractivity contribution >= 4 is 12.0 Å². The van der Waals surface area contributed by atoms with Gasteiger partial charge >= 0.3 is 0 Å². The molecule has 0 heterocycles. The molecule has 2 N–H and O–H groups in total. The summed E-state index contributed by atoms with van der Waals surface area (Å²) in [5.74, 6) is -0.604. The number of rotatable bonds is 3. The Morgan fingerprint density at radius 3 is 2.67 bits per heavy atom. The van der Waals surface area contributed by atoms with Gasteiger partial charge in [-0.2, -0.15) is 0 Å². The first-order valence-electron chi connectivity index (χ1n) is 4.77. The smallest absolute Gasteiger partial charge is 0.241 e. The molecule has 0 aliphatic heterocycles. The van der Waals surface area contributed by atoms with Gasteiger partial charge in [0.2, 0.25) is 5.91 Å². The molecule has 0 unspecified atom stereocenters. The Balaban J connectivity index is 3.05. The summed E-state index contributed by atoms with van der Waals surface area (Å²) in [6.07, 6.45) is 2.55. The third kappa shape index (κ3) is 3.20. The number of carbonyl (C=O) groups excluding carboxylic acids is 1. The molecule has 2 nitrogen and oxygen atoms in total. The Morgan fingerprint density at radius 1 is 1.47 bits per heavy atom. The van der Waals surface area contributed by atoms with Crippen molar-refractivity contribution in [1.29, 1.82) is 0 Å². The number of primary amides is 1. The largest absolute Gasteiger partial charge is 0.366 e. The molecule has 0 radical (unpaired) electrons. The molecule has 0 bridgehead atoms. The molecule has 0 saturated heterocycles. The monoisotopic (exact) mass is 207 g/mol. The summed E-state index contributed by atoms with van der Waals surface area (Å²) >= 11 is 0. The van der Waals surface area contributed by atoms with E-state index in [0.29, 0.717) is 11.5 Å². The van der Waals surface area contributed by atoms with Crippen molar-refractivity contribution in [2.45, 2.75) is 19.8 Å². The zero-order valence-corrected chi connectivity index (χ0v) is 8.83. The summed E-state index contributed by atoms with van der Waals surface area (Å²) in [6.45, 7) is 4.05. The second-order valence-electron chi connectivity index (χ2n) is 3.67. The van der Waals surface area contributed by atoms with E-state index >= 15 is 0 Å². The fourth-order valence-electron chi connectivity index (χ4n) is 1.22. The van der Waals surface area contributed by atoms with E-state index < -0.39 is 5.91 Å². The maximum atomic E-state index is 13.3. The van der Waals surface area contributed by atoms with E-state index in [0.717, 1.165) is 11.6 Å². The topological polar surface area (TPSA) is 43.1 Å². The summed E-state index contributed by atoms with van der Waals surface area (Å²) in [6, 6.07) is 4.86. The number of hydrogen-bond acceptors (Lipinski definition) is 1. The van der Waals surface area contributed by atoms with Crippen LogP contribution in [0, 0.1) is 5.82 Å². The molecular weight excluding hydrogens is 193 g/mol. The number of amides is 1. The third-order valence-electron chi connectivity index (χ3n) is 2.11. The van der Waals surface area contributed by atoms with Gasteiger partial charge < -0.3 is 5.73 Å². The van der Waals surface area contributed by atoms with Gasteiger partial charge in [0.1, 0.15) is 5.82 Å². The zero-order chi connectivity index (χ0) is 11.4. The molecule has 1 aromatic carbocycles. The average Bonchev–Trinajstić information content (AvgIpc) is 2.16. The van der Waals surface area contributed by atoms with Crippen LogP contribution >= 0.6 is 0 Å². The number of benzene rings is 1. The number of hydrogen-bond donors (Lipinski definition) is 1. The van der Waals surface area contributed by atoms with E-state index in [1.165, 1.54) is 12.1 Å². The minimum atomic E-state index is -0.579. The van der Waals surface area contributed by atoms with E-state index in [9.17, 15) is 9.18 Å². The van der Waals surface area contributed by atoms with Crippen LogP contribution in [-0.2, 0) is 4.79 Å². The Kier molecular flexibility index (Phi) is 3.61. The van der Waals surface area contributed by atoms with E-state index in [-0.39, 0.29) is 5.82 Å². The Hall–Kier alpha value is -1.64. The molecule has 15 heavy (non-hydrogen) atoms. The van der Waals surface area contributed by atoms with E-state index in [4.69, 9.17) is 5.73 Å². The number of carbonyl (C=O) groups is 1. The highest BCUT2D eigenvalue weighted by Crippen LogP contribution is 2.18. The van der Waals surface area contributed by atoms with Gasteiger partial charge in [-0.3, -0.25) is 4.79 Å². The van der Waals surface area contributed by atoms with Crippen LogP contribution in [0.3, 0.4) is 0 Å². The van der Waals surface area contributed by atoms with Crippen LogP contribution in [0.1, 0.15) is 30.9 Å². The first kappa shape index (κ1) is 11.4. The number of nitrogens with two attached hydrogens (primary N) is 1. The first-order chi connectivity index (χ1) is 7.00. The van der Waals surface area contributed by atoms with Gasteiger partial charge in [-0.25, -0.2) is 4.39 Å². The fourth-order valence-corrected chi connectivity index (χ4v) is 1.22. The lowest BCUT2D eigenvalue weighted by atomic mass is 10.0. The summed E-state index contributed by atoms with van der Waals surface area (Å²) < 4.78 is 13.3. The van der Waals surface area contributed by atoms with Crippen LogP contribution in [0.4, 0.5) is 4.39 Å². The van der Waals surface area contributed by atoms with Crippen LogP contribution in [0.5, 0.6) is 0 Å². The van der Waals surface area contributed by atoms with Crippen molar-refractivity contribution in [2.75, 3.05) is 0 Å². The highest BCUT2D eigenvalue weighted by molar-refractivity contribution is 5.90. The minimum Gasteiger partial charge on any atom is -0.366 e.